The molecular weight excluding hydrogens is 284 g/mol. The highest BCUT2D eigenvalue weighted by molar-refractivity contribution is 5.68. The van der Waals surface area contributed by atoms with Crippen LogP contribution < -0.4 is 4.74 Å². The van der Waals surface area contributed by atoms with Gasteiger partial charge < -0.3 is 9.84 Å². The molecule has 2 aliphatic rings. The summed E-state index contributed by atoms with van der Waals surface area (Å²) < 4.78 is 6.11. The van der Waals surface area contributed by atoms with Crippen molar-refractivity contribution in [2.24, 2.45) is 5.92 Å². The summed E-state index contributed by atoms with van der Waals surface area (Å²) in [5, 5.41) is 9.22. The molecule has 0 radical (unpaired) electrons. The van der Waals surface area contributed by atoms with Crippen LogP contribution in [0, 0.1) is 5.92 Å². The summed E-state index contributed by atoms with van der Waals surface area (Å²) in [7, 11) is 0. The van der Waals surface area contributed by atoms with Crippen molar-refractivity contribution in [3.05, 3.63) is 34.9 Å². The van der Waals surface area contributed by atoms with Gasteiger partial charge in [-0.3, -0.25) is 0 Å². The first-order valence-corrected chi connectivity index (χ1v) is 9.09. The fourth-order valence-electron chi connectivity index (χ4n) is 4.03. The summed E-state index contributed by atoms with van der Waals surface area (Å²) >= 11 is 0. The Morgan fingerprint density at radius 1 is 1.26 bits per heavy atom. The van der Waals surface area contributed by atoms with Crippen molar-refractivity contribution in [2.75, 3.05) is 13.2 Å². The van der Waals surface area contributed by atoms with E-state index in [1.807, 2.05) is 6.08 Å². The Labute approximate surface area is 140 Å². The van der Waals surface area contributed by atoms with Crippen LogP contribution in [0.15, 0.2) is 18.2 Å². The maximum Gasteiger partial charge on any atom is 0.126 e. The molecule has 0 amide bonds. The first-order valence-electron chi connectivity index (χ1n) is 9.09. The van der Waals surface area contributed by atoms with Crippen molar-refractivity contribution in [3.63, 3.8) is 0 Å². The maximum absolute atomic E-state index is 9.22. The van der Waals surface area contributed by atoms with E-state index in [4.69, 9.17) is 4.74 Å². The Morgan fingerprint density at radius 2 is 2.00 bits per heavy atom. The van der Waals surface area contributed by atoms with Crippen molar-refractivity contribution >= 4 is 5.57 Å². The average Bonchev–Trinajstić information content (AvgIpc) is 2.84. The van der Waals surface area contributed by atoms with Gasteiger partial charge in [-0.05, 0) is 48.1 Å². The normalized spacial score (nSPS) is 21.1. The van der Waals surface area contributed by atoms with Crippen LogP contribution in [-0.2, 0) is 11.8 Å². The molecule has 0 aromatic heterocycles. The molecular formula is C21H30O2. The monoisotopic (exact) mass is 314 g/mol. The lowest BCUT2D eigenvalue weighted by molar-refractivity contribution is 0.286. The molecule has 0 spiro atoms. The number of rotatable bonds is 4. The van der Waals surface area contributed by atoms with Crippen molar-refractivity contribution < 1.29 is 9.84 Å². The largest absolute Gasteiger partial charge is 0.492 e. The van der Waals surface area contributed by atoms with Crippen LogP contribution in [0.5, 0.6) is 5.75 Å². The quantitative estimate of drug-likeness (QED) is 0.858. The summed E-state index contributed by atoms with van der Waals surface area (Å²) in [6, 6.07) is 4.57. The van der Waals surface area contributed by atoms with E-state index in [-0.39, 0.29) is 12.0 Å². The van der Waals surface area contributed by atoms with Gasteiger partial charge >= 0.3 is 0 Å². The third kappa shape index (κ3) is 3.47. The Bertz CT molecular complexity index is 592. The van der Waals surface area contributed by atoms with Gasteiger partial charge in [0.1, 0.15) is 5.75 Å². The van der Waals surface area contributed by atoms with Crippen LogP contribution in [0.1, 0.15) is 69.6 Å². The van der Waals surface area contributed by atoms with Gasteiger partial charge in [-0.25, -0.2) is 0 Å². The molecule has 2 heteroatoms. The van der Waals surface area contributed by atoms with Crippen LogP contribution in [0.3, 0.4) is 0 Å². The standard InChI is InChI=1S/C21H30O2/c1-15(9-10-22)17-12-18(11-16-7-5-4-6-8-16)20-19(13-17)21(2,3)14-23-20/h9,12-13,16,22H,4-8,10-11,14H2,1-3H3. The third-order valence-electron chi connectivity index (χ3n) is 5.56. The third-order valence-corrected chi connectivity index (χ3v) is 5.56. The van der Waals surface area contributed by atoms with E-state index in [9.17, 15) is 5.11 Å². The SMILES string of the molecule is CC(=CCO)c1cc(CC2CCCCC2)c2c(c1)C(C)(C)CO2. The molecule has 1 aromatic carbocycles. The molecule has 0 saturated heterocycles. The summed E-state index contributed by atoms with van der Waals surface area (Å²) in [4.78, 5) is 0. The van der Waals surface area contributed by atoms with Crippen molar-refractivity contribution in [1.82, 2.24) is 0 Å². The minimum absolute atomic E-state index is 0.0755. The van der Waals surface area contributed by atoms with Crippen LogP contribution >= 0.6 is 0 Å². The number of fused-ring (bicyclic) bond motifs is 1. The highest BCUT2D eigenvalue weighted by Gasteiger charge is 2.34. The lowest BCUT2D eigenvalue weighted by Crippen LogP contribution is -2.18. The van der Waals surface area contributed by atoms with Crippen LogP contribution in [-0.4, -0.2) is 18.3 Å². The number of allylic oxidation sites excluding steroid dienone is 1. The number of hydrogen-bond acceptors (Lipinski definition) is 2. The number of aliphatic hydroxyl groups is 1. The molecule has 23 heavy (non-hydrogen) atoms. The van der Waals surface area contributed by atoms with Crippen LogP contribution in [0.25, 0.3) is 5.57 Å². The molecule has 0 atom stereocenters. The lowest BCUT2D eigenvalue weighted by atomic mass is 9.80. The van der Waals surface area contributed by atoms with Gasteiger partial charge in [-0.1, -0.05) is 52.0 Å². The Kier molecular flexibility index (Phi) is 4.82. The van der Waals surface area contributed by atoms with Gasteiger partial charge in [0.05, 0.1) is 13.2 Å². The molecule has 0 bridgehead atoms. The number of aliphatic hydroxyl groups excluding tert-OH is 1. The second-order valence-corrected chi connectivity index (χ2v) is 7.96. The Morgan fingerprint density at radius 3 is 2.70 bits per heavy atom. The molecule has 1 N–H and O–H groups in total. The van der Waals surface area contributed by atoms with E-state index < -0.39 is 0 Å². The zero-order chi connectivity index (χ0) is 16.4. The van der Waals surface area contributed by atoms with E-state index in [1.54, 1.807) is 0 Å². The molecule has 1 aromatic rings. The predicted molar refractivity (Wildman–Crippen MR) is 96.0 cm³/mol. The van der Waals surface area contributed by atoms with Crippen molar-refractivity contribution in [3.8, 4) is 5.75 Å². The van der Waals surface area contributed by atoms with Crippen LogP contribution in [0.2, 0.25) is 0 Å². The summed E-state index contributed by atoms with van der Waals surface area (Å²) in [5.74, 6) is 1.94. The Balaban J connectivity index is 1.98. The topological polar surface area (TPSA) is 29.5 Å². The zero-order valence-corrected chi connectivity index (χ0v) is 14.8. The molecule has 3 rings (SSSR count). The molecule has 1 aliphatic heterocycles. The summed E-state index contributed by atoms with van der Waals surface area (Å²) in [6.07, 6.45) is 9.90. The molecule has 1 aliphatic carbocycles. The molecule has 2 nitrogen and oxygen atoms in total. The highest BCUT2D eigenvalue weighted by atomic mass is 16.5. The second kappa shape index (κ2) is 6.68. The van der Waals surface area contributed by atoms with Gasteiger partial charge in [-0.15, -0.1) is 0 Å². The van der Waals surface area contributed by atoms with Gasteiger partial charge in [0.15, 0.2) is 0 Å². The molecule has 1 heterocycles. The molecule has 0 unspecified atom stereocenters. The van der Waals surface area contributed by atoms with E-state index in [0.717, 1.165) is 30.3 Å². The first kappa shape index (κ1) is 16.6. The fourth-order valence-corrected chi connectivity index (χ4v) is 4.03. The number of hydrogen-bond donors (Lipinski definition) is 1. The zero-order valence-electron chi connectivity index (χ0n) is 14.8. The lowest BCUT2D eigenvalue weighted by Gasteiger charge is -2.23. The minimum atomic E-state index is 0.0755. The van der Waals surface area contributed by atoms with Crippen molar-refractivity contribution in [2.45, 2.75) is 64.7 Å². The Hall–Kier alpha value is -1.28. The van der Waals surface area contributed by atoms with Gasteiger partial charge in [0, 0.05) is 11.0 Å². The smallest absolute Gasteiger partial charge is 0.126 e. The van der Waals surface area contributed by atoms with E-state index >= 15 is 0 Å². The second-order valence-electron chi connectivity index (χ2n) is 7.96. The molecule has 126 valence electrons. The number of benzene rings is 1. The minimum Gasteiger partial charge on any atom is -0.492 e. The highest BCUT2D eigenvalue weighted by Crippen LogP contribution is 2.44. The first-order chi connectivity index (χ1) is 11.0. The van der Waals surface area contributed by atoms with Crippen molar-refractivity contribution in [1.29, 1.82) is 0 Å². The maximum atomic E-state index is 9.22. The predicted octanol–water partition coefficient (Wildman–Crippen LogP) is 4.88. The number of ether oxygens (including phenoxy) is 1. The van der Waals surface area contributed by atoms with E-state index in [1.165, 1.54) is 48.8 Å². The van der Waals surface area contributed by atoms with Crippen LogP contribution in [0.4, 0.5) is 0 Å². The van der Waals surface area contributed by atoms with Gasteiger partial charge in [-0.2, -0.15) is 0 Å². The van der Waals surface area contributed by atoms with Gasteiger partial charge in [0.2, 0.25) is 0 Å². The van der Waals surface area contributed by atoms with E-state index in [0.29, 0.717) is 0 Å². The fraction of sp³-hybridized carbons (Fsp3) is 0.619. The molecule has 1 fully saturated rings. The summed E-state index contributed by atoms with van der Waals surface area (Å²) in [6.45, 7) is 7.48. The van der Waals surface area contributed by atoms with Gasteiger partial charge in [0.25, 0.3) is 0 Å². The average molecular weight is 314 g/mol. The molecule has 1 saturated carbocycles. The van der Waals surface area contributed by atoms with E-state index in [2.05, 4.69) is 32.9 Å². The summed E-state index contributed by atoms with van der Waals surface area (Å²) in [5.41, 5.74) is 5.18.